The molecule has 3 nitrogen and oxygen atoms in total. The van der Waals surface area contributed by atoms with Gasteiger partial charge < -0.3 is 4.74 Å². The summed E-state index contributed by atoms with van der Waals surface area (Å²) < 4.78 is 5.71. The maximum absolute atomic E-state index is 10.5. The molecular weight excluding hydrogens is 238 g/mol. The Morgan fingerprint density at radius 1 is 1.16 bits per heavy atom. The molecule has 0 spiro atoms. The van der Waals surface area contributed by atoms with Crippen molar-refractivity contribution < 1.29 is 9.53 Å². The number of rotatable bonds is 4. The number of hydrogen-bond donors (Lipinski definition) is 0. The van der Waals surface area contributed by atoms with Gasteiger partial charge in [0.15, 0.2) is 6.29 Å². The Kier molecular flexibility index (Phi) is 3.95. The number of pyridine rings is 1. The van der Waals surface area contributed by atoms with Gasteiger partial charge in [0.05, 0.1) is 6.20 Å². The van der Waals surface area contributed by atoms with Gasteiger partial charge in [0.1, 0.15) is 18.1 Å². The minimum absolute atomic E-state index is 0.412. The first-order valence-electron chi connectivity index (χ1n) is 6.21. The van der Waals surface area contributed by atoms with Crippen LogP contribution in [0, 0.1) is 20.8 Å². The molecule has 19 heavy (non-hydrogen) atoms. The Morgan fingerprint density at radius 3 is 2.37 bits per heavy atom. The highest BCUT2D eigenvalue weighted by atomic mass is 16.5. The van der Waals surface area contributed by atoms with E-state index in [9.17, 15) is 4.79 Å². The summed E-state index contributed by atoms with van der Waals surface area (Å²) in [6.07, 6.45) is 2.29. The van der Waals surface area contributed by atoms with Gasteiger partial charge in [0.2, 0.25) is 0 Å². The van der Waals surface area contributed by atoms with Crippen LogP contribution in [-0.2, 0) is 6.61 Å². The minimum Gasteiger partial charge on any atom is -0.487 e. The number of hydrogen-bond acceptors (Lipinski definition) is 3. The predicted octanol–water partition coefficient (Wildman–Crippen LogP) is 3.40. The van der Waals surface area contributed by atoms with Crippen molar-refractivity contribution in [3.8, 4) is 5.75 Å². The zero-order valence-corrected chi connectivity index (χ0v) is 11.4. The third-order valence-electron chi connectivity index (χ3n) is 3.10. The monoisotopic (exact) mass is 255 g/mol. The fourth-order valence-electron chi connectivity index (χ4n) is 2.14. The number of carbonyl (C=O) groups is 1. The Morgan fingerprint density at radius 2 is 1.84 bits per heavy atom. The van der Waals surface area contributed by atoms with Gasteiger partial charge in [-0.25, -0.2) is 4.98 Å². The molecule has 1 aromatic carbocycles. The summed E-state index contributed by atoms with van der Waals surface area (Å²) in [6, 6.07) is 7.71. The van der Waals surface area contributed by atoms with E-state index in [2.05, 4.69) is 37.9 Å². The van der Waals surface area contributed by atoms with E-state index in [-0.39, 0.29) is 0 Å². The second kappa shape index (κ2) is 5.65. The summed E-state index contributed by atoms with van der Waals surface area (Å²) in [7, 11) is 0. The molecule has 0 saturated carbocycles. The van der Waals surface area contributed by atoms with E-state index in [4.69, 9.17) is 4.74 Å². The van der Waals surface area contributed by atoms with Gasteiger partial charge in [-0.3, -0.25) is 4.79 Å². The van der Waals surface area contributed by atoms with Gasteiger partial charge in [0.25, 0.3) is 0 Å². The molecule has 0 aliphatic heterocycles. The lowest BCUT2D eigenvalue weighted by Gasteiger charge is -2.12. The Bertz CT molecular complexity index is 565. The van der Waals surface area contributed by atoms with Crippen LogP contribution in [0.25, 0.3) is 0 Å². The van der Waals surface area contributed by atoms with E-state index in [1.54, 1.807) is 18.3 Å². The number of aryl methyl sites for hydroxylation is 3. The molecule has 2 rings (SSSR count). The number of benzene rings is 1. The van der Waals surface area contributed by atoms with Crippen LogP contribution in [0.15, 0.2) is 30.5 Å². The standard InChI is InChI=1S/C16H17NO2/c1-11-6-12(2)16(13(3)7-11)10-19-15-5-4-14(9-18)17-8-15/h4-9H,10H2,1-3H3. The first kappa shape index (κ1) is 13.3. The van der Waals surface area contributed by atoms with E-state index < -0.39 is 0 Å². The second-order valence-corrected chi connectivity index (χ2v) is 4.70. The highest BCUT2D eigenvalue weighted by Gasteiger charge is 2.05. The van der Waals surface area contributed by atoms with Crippen LogP contribution in [0.1, 0.15) is 32.7 Å². The largest absolute Gasteiger partial charge is 0.487 e. The first-order chi connectivity index (χ1) is 9.10. The smallest absolute Gasteiger partial charge is 0.168 e. The van der Waals surface area contributed by atoms with Crippen LogP contribution >= 0.6 is 0 Å². The van der Waals surface area contributed by atoms with Gasteiger partial charge in [-0.15, -0.1) is 0 Å². The molecule has 0 unspecified atom stereocenters. The molecular formula is C16H17NO2. The van der Waals surface area contributed by atoms with Crippen molar-refractivity contribution in [1.82, 2.24) is 4.98 Å². The molecule has 0 atom stereocenters. The van der Waals surface area contributed by atoms with E-state index >= 15 is 0 Å². The summed E-state index contributed by atoms with van der Waals surface area (Å²) in [5, 5.41) is 0. The van der Waals surface area contributed by atoms with E-state index in [0.29, 0.717) is 18.1 Å². The van der Waals surface area contributed by atoms with Crippen molar-refractivity contribution >= 4 is 6.29 Å². The summed E-state index contributed by atoms with van der Waals surface area (Å²) in [6.45, 7) is 6.78. The van der Waals surface area contributed by atoms with Crippen LogP contribution in [0.2, 0.25) is 0 Å². The zero-order chi connectivity index (χ0) is 13.8. The maximum Gasteiger partial charge on any atom is 0.168 e. The first-order valence-corrected chi connectivity index (χ1v) is 6.21. The average Bonchev–Trinajstić information content (AvgIpc) is 2.38. The number of nitrogens with zero attached hydrogens (tertiary/aromatic N) is 1. The third-order valence-corrected chi connectivity index (χ3v) is 3.10. The molecule has 0 saturated heterocycles. The number of carbonyl (C=O) groups excluding carboxylic acids is 1. The van der Waals surface area contributed by atoms with E-state index in [1.807, 2.05) is 0 Å². The Hall–Kier alpha value is -2.16. The fraction of sp³-hybridized carbons (Fsp3) is 0.250. The molecule has 0 bridgehead atoms. The highest BCUT2D eigenvalue weighted by Crippen LogP contribution is 2.19. The summed E-state index contributed by atoms with van der Waals surface area (Å²) in [4.78, 5) is 14.5. The van der Waals surface area contributed by atoms with Crippen LogP contribution in [0.4, 0.5) is 0 Å². The lowest BCUT2D eigenvalue weighted by Crippen LogP contribution is -2.02. The van der Waals surface area contributed by atoms with E-state index in [0.717, 1.165) is 6.29 Å². The Labute approximate surface area is 113 Å². The molecule has 1 heterocycles. The average molecular weight is 255 g/mol. The summed E-state index contributed by atoms with van der Waals surface area (Å²) >= 11 is 0. The summed E-state index contributed by atoms with van der Waals surface area (Å²) in [5.41, 5.74) is 5.33. The molecule has 0 aliphatic carbocycles. The number of ether oxygens (including phenoxy) is 1. The van der Waals surface area contributed by atoms with Crippen LogP contribution < -0.4 is 4.74 Å². The van der Waals surface area contributed by atoms with Gasteiger partial charge in [0, 0.05) is 0 Å². The van der Waals surface area contributed by atoms with Crippen molar-refractivity contribution in [2.45, 2.75) is 27.4 Å². The van der Waals surface area contributed by atoms with E-state index in [1.165, 1.54) is 22.3 Å². The lowest BCUT2D eigenvalue weighted by molar-refractivity contribution is 0.111. The molecule has 98 valence electrons. The van der Waals surface area contributed by atoms with Crippen molar-refractivity contribution in [2.75, 3.05) is 0 Å². The van der Waals surface area contributed by atoms with Crippen LogP contribution in [-0.4, -0.2) is 11.3 Å². The second-order valence-electron chi connectivity index (χ2n) is 4.70. The van der Waals surface area contributed by atoms with Crippen molar-refractivity contribution in [2.24, 2.45) is 0 Å². The fourth-order valence-corrected chi connectivity index (χ4v) is 2.14. The normalized spacial score (nSPS) is 10.3. The van der Waals surface area contributed by atoms with Crippen molar-refractivity contribution in [3.63, 3.8) is 0 Å². The quantitative estimate of drug-likeness (QED) is 0.786. The lowest BCUT2D eigenvalue weighted by atomic mass is 10.0. The van der Waals surface area contributed by atoms with Gasteiger partial charge in [-0.2, -0.15) is 0 Å². The molecule has 1 aromatic heterocycles. The van der Waals surface area contributed by atoms with Gasteiger partial charge >= 0.3 is 0 Å². The molecule has 0 aliphatic rings. The van der Waals surface area contributed by atoms with Gasteiger partial charge in [-0.1, -0.05) is 17.7 Å². The van der Waals surface area contributed by atoms with Crippen molar-refractivity contribution in [3.05, 3.63) is 58.4 Å². The predicted molar refractivity (Wildman–Crippen MR) is 74.6 cm³/mol. The topological polar surface area (TPSA) is 39.2 Å². The van der Waals surface area contributed by atoms with Crippen LogP contribution in [0.3, 0.4) is 0 Å². The molecule has 2 aromatic rings. The molecule has 0 amide bonds. The molecule has 0 radical (unpaired) electrons. The maximum atomic E-state index is 10.5. The number of aldehydes is 1. The SMILES string of the molecule is Cc1cc(C)c(COc2ccc(C=O)nc2)c(C)c1. The zero-order valence-electron chi connectivity index (χ0n) is 11.4. The van der Waals surface area contributed by atoms with Gasteiger partial charge in [-0.05, 0) is 49.6 Å². The molecule has 0 fully saturated rings. The minimum atomic E-state index is 0.412. The highest BCUT2D eigenvalue weighted by molar-refractivity contribution is 5.71. The third kappa shape index (κ3) is 3.19. The van der Waals surface area contributed by atoms with Crippen LogP contribution in [0.5, 0.6) is 5.75 Å². The van der Waals surface area contributed by atoms with Crippen molar-refractivity contribution in [1.29, 1.82) is 0 Å². The number of aromatic nitrogens is 1. The summed E-state index contributed by atoms with van der Waals surface area (Å²) in [5.74, 6) is 0.671. The molecule has 0 N–H and O–H groups in total. The Balaban J connectivity index is 2.12. The molecule has 3 heteroatoms.